The molecule has 48 heavy (non-hydrogen) atoms. The van der Waals surface area contributed by atoms with E-state index >= 15 is 0 Å². The molecule has 0 amide bonds. The van der Waals surface area contributed by atoms with Crippen LogP contribution in [0.25, 0.3) is 0 Å². The highest BCUT2D eigenvalue weighted by molar-refractivity contribution is 7.88. The van der Waals surface area contributed by atoms with Crippen LogP contribution in [0.4, 0.5) is 26.3 Å². The van der Waals surface area contributed by atoms with Gasteiger partial charge in [0, 0.05) is 0 Å². The second kappa shape index (κ2) is 16.1. The Morgan fingerprint density at radius 2 is 0.667 bits per heavy atom. The minimum atomic E-state index is -5.75. The van der Waals surface area contributed by atoms with E-state index in [1.54, 1.807) is 24.3 Å². The summed E-state index contributed by atoms with van der Waals surface area (Å²) in [5, 5.41) is 18.3. The van der Waals surface area contributed by atoms with Crippen LogP contribution in [0.5, 0.6) is 23.0 Å². The van der Waals surface area contributed by atoms with Crippen LogP contribution in [0.3, 0.4) is 0 Å². The molecule has 0 spiro atoms. The summed E-state index contributed by atoms with van der Waals surface area (Å²) in [6.07, 6.45) is 4.50. The van der Waals surface area contributed by atoms with Crippen LogP contribution in [0.1, 0.15) is 35.1 Å². The second-order valence-electron chi connectivity index (χ2n) is 10.3. The molecule has 0 fully saturated rings. The van der Waals surface area contributed by atoms with Crippen molar-refractivity contribution in [3.8, 4) is 23.0 Å². The smallest absolute Gasteiger partial charge is 0.508 e. The number of hydrogen-bond acceptors (Lipinski definition) is 8. The topological polar surface area (TPSA) is 127 Å². The normalized spacial score (nSPS) is 12.1. The van der Waals surface area contributed by atoms with Gasteiger partial charge in [-0.25, -0.2) is 0 Å². The Bertz CT molecular complexity index is 1670. The van der Waals surface area contributed by atoms with E-state index in [0.29, 0.717) is 41.9 Å². The molecule has 4 aromatic rings. The third-order valence-electron chi connectivity index (χ3n) is 6.56. The van der Waals surface area contributed by atoms with Crippen molar-refractivity contribution in [2.45, 2.75) is 49.5 Å². The lowest BCUT2D eigenvalue weighted by atomic mass is 10.0. The molecule has 4 aromatic carbocycles. The van der Waals surface area contributed by atoms with Crippen molar-refractivity contribution >= 4 is 20.2 Å². The van der Waals surface area contributed by atoms with E-state index in [0.717, 1.165) is 43.5 Å². The zero-order valence-electron chi connectivity index (χ0n) is 24.9. The maximum atomic E-state index is 12.3. The Hall–Kier alpha value is -4.44. The molecule has 8 nitrogen and oxygen atoms in total. The highest BCUT2D eigenvalue weighted by atomic mass is 32.2. The zero-order valence-corrected chi connectivity index (χ0v) is 26.5. The molecule has 260 valence electrons. The van der Waals surface area contributed by atoms with Gasteiger partial charge in [0.15, 0.2) is 0 Å². The van der Waals surface area contributed by atoms with Gasteiger partial charge < -0.3 is 18.6 Å². The highest BCUT2D eigenvalue weighted by Gasteiger charge is 2.49. The largest absolute Gasteiger partial charge is 0.534 e. The average molecular weight is 721 g/mol. The quantitative estimate of drug-likeness (QED) is 0.0871. The molecule has 0 aliphatic carbocycles. The molecule has 0 atom stereocenters. The average Bonchev–Trinajstić information content (AvgIpc) is 3.00. The van der Waals surface area contributed by atoms with Gasteiger partial charge in [-0.1, -0.05) is 48.5 Å². The lowest BCUT2D eigenvalue weighted by Gasteiger charge is -2.10. The number of rotatable bonds is 12. The van der Waals surface area contributed by atoms with E-state index < -0.39 is 42.8 Å². The van der Waals surface area contributed by atoms with Gasteiger partial charge in [-0.2, -0.15) is 43.2 Å². The van der Waals surface area contributed by atoms with Crippen molar-refractivity contribution in [2.75, 3.05) is 0 Å². The first-order valence-electron chi connectivity index (χ1n) is 14.1. The van der Waals surface area contributed by atoms with E-state index in [-0.39, 0.29) is 0 Å². The van der Waals surface area contributed by atoms with Gasteiger partial charge in [-0.3, -0.25) is 0 Å². The fourth-order valence-electron chi connectivity index (χ4n) is 4.09. The highest BCUT2D eigenvalue weighted by Crippen LogP contribution is 2.28. The zero-order chi connectivity index (χ0) is 35.6. The number of aromatic hydroxyl groups is 2. The summed E-state index contributed by atoms with van der Waals surface area (Å²) < 4.78 is 125. The van der Waals surface area contributed by atoms with E-state index in [1.165, 1.54) is 35.4 Å². The molecule has 0 heterocycles. The summed E-state index contributed by atoms with van der Waals surface area (Å²) in [6.45, 7) is 0. The van der Waals surface area contributed by atoms with E-state index in [4.69, 9.17) is 10.2 Å². The molecule has 4 rings (SSSR count). The molecule has 0 radical (unpaired) electrons. The number of benzene rings is 4. The Labute approximate surface area is 273 Å². The lowest BCUT2D eigenvalue weighted by Crippen LogP contribution is -2.28. The fraction of sp³-hybridized carbons (Fsp3) is 0.250. The predicted molar refractivity (Wildman–Crippen MR) is 164 cm³/mol. The summed E-state index contributed by atoms with van der Waals surface area (Å²) in [5.41, 5.74) is -7.25. The van der Waals surface area contributed by atoms with Gasteiger partial charge in [-0.05, 0) is 109 Å². The van der Waals surface area contributed by atoms with Crippen molar-refractivity contribution in [3.63, 3.8) is 0 Å². The maximum Gasteiger partial charge on any atom is 0.534 e. The standard InChI is InChI=1S/C17H14F6O6S2.C15H16O2/c18-16(19,20)30(24,25)28-14-8-4-12(5-9-14)2-1-3-13-6-10-15(11-7-13)29-31(26,27)17(21,22)23;16-14-8-4-12(5-9-14)2-1-3-13-6-10-15(17)11-7-13/h4-11H,1-3H2;4-11,16-17H,1-3H2. The Morgan fingerprint density at radius 3 is 0.896 bits per heavy atom. The summed E-state index contributed by atoms with van der Waals surface area (Å²) in [4.78, 5) is 0. The molecule has 0 aliphatic rings. The van der Waals surface area contributed by atoms with Crippen molar-refractivity contribution in [2.24, 2.45) is 0 Å². The molecule has 0 saturated heterocycles. The molecule has 0 aliphatic heterocycles. The van der Waals surface area contributed by atoms with E-state index in [1.807, 2.05) is 24.3 Å². The van der Waals surface area contributed by atoms with Gasteiger partial charge >= 0.3 is 31.3 Å². The lowest BCUT2D eigenvalue weighted by molar-refractivity contribution is -0.0504. The van der Waals surface area contributed by atoms with Crippen LogP contribution in [-0.2, 0) is 45.9 Å². The first-order valence-corrected chi connectivity index (χ1v) is 16.9. The molecule has 0 unspecified atom stereocenters. The Kier molecular flexibility index (Phi) is 12.8. The van der Waals surface area contributed by atoms with Crippen LogP contribution < -0.4 is 8.37 Å². The molecule has 0 aromatic heterocycles. The number of hydrogen-bond donors (Lipinski definition) is 2. The summed E-state index contributed by atoms with van der Waals surface area (Å²) in [7, 11) is -11.5. The number of phenols is 2. The molecule has 16 heteroatoms. The molecule has 0 saturated carbocycles. The summed E-state index contributed by atoms with van der Waals surface area (Å²) >= 11 is 0. The van der Waals surface area contributed by atoms with Crippen LogP contribution in [0.15, 0.2) is 97.1 Å². The first kappa shape index (κ1) is 38.0. The fourth-order valence-corrected chi connectivity index (χ4v) is 5.01. The minimum absolute atomic E-state index is 0.312. The summed E-state index contributed by atoms with van der Waals surface area (Å²) in [5.74, 6) is -0.365. The molecule has 2 N–H and O–H groups in total. The third-order valence-corrected chi connectivity index (χ3v) is 8.52. The van der Waals surface area contributed by atoms with E-state index in [9.17, 15) is 43.2 Å². The van der Waals surface area contributed by atoms with Crippen LogP contribution in [0, 0.1) is 0 Å². The number of alkyl halides is 6. The van der Waals surface area contributed by atoms with E-state index in [2.05, 4.69) is 8.37 Å². The van der Waals surface area contributed by atoms with Gasteiger partial charge in [0.05, 0.1) is 0 Å². The molecular formula is C32H30F6O8S2. The number of aryl methyl sites for hydroxylation is 4. The van der Waals surface area contributed by atoms with Gasteiger partial charge in [0.25, 0.3) is 0 Å². The third kappa shape index (κ3) is 12.0. The first-order chi connectivity index (χ1) is 22.3. The second-order valence-corrected chi connectivity index (χ2v) is 13.4. The van der Waals surface area contributed by atoms with Crippen molar-refractivity contribution in [1.82, 2.24) is 0 Å². The Balaban J connectivity index is 0.000000308. The summed E-state index contributed by atoms with van der Waals surface area (Å²) in [6, 6.07) is 24.5. The predicted octanol–water partition coefficient (Wildman–Crippen LogP) is 7.59. The molecule has 0 bridgehead atoms. The monoisotopic (exact) mass is 720 g/mol. The van der Waals surface area contributed by atoms with Gasteiger partial charge in [-0.15, -0.1) is 0 Å². The van der Waals surface area contributed by atoms with Crippen molar-refractivity contribution < 1.29 is 61.8 Å². The van der Waals surface area contributed by atoms with Crippen LogP contribution in [0.2, 0.25) is 0 Å². The minimum Gasteiger partial charge on any atom is -0.508 e. The van der Waals surface area contributed by atoms with Crippen molar-refractivity contribution in [1.29, 1.82) is 0 Å². The maximum absolute atomic E-state index is 12.3. The van der Waals surface area contributed by atoms with Crippen LogP contribution >= 0.6 is 0 Å². The van der Waals surface area contributed by atoms with Gasteiger partial charge in [0.2, 0.25) is 0 Å². The van der Waals surface area contributed by atoms with Crippen LogP contribution in [-0.4, -0.2) is 38.1 Å². The number of halogens is 6. The number of phenolic OH excluding ortho intramolecular Hbond substituents is 2. The Morgan fingerprint density at radius 1 is 0.438 bits per heavy atom. The molecular weight excluding hydrogens is 690 g/mol. The van der Waals surface area contributed by atoms with Crippen molar-refractivity contribution in [3.05, 3.63) is 119 Å². The van der Waals surface area contributed by atoms with Gasteiger partial charge in [0.1, 0.15) is 23.0 Å². The SMILES string of the molecule is O=S(=O)(Oc1ccc(CCCc2ccc(OS(=O)(=O)C(F)(F)F)cc2)cc1)C(F)(F)F.Oc1ccc(CCCc2ccc(O)cc2)cc1.